The molecule has 0 radical (unpaired) electrons. The SMILES string of the molecule is CCCCc1ccc2nc(C)cc(NCCC)c2c1. The molecular weight excluding hydrogens is 232 g/mol. The summed E-state index contributed by atoms with van der Waals surface area (Å²) in [7, 11) is 0. The summed E-state index contributed by atoms with van der Waals surface area (Å²) < 4.78 is 0. The fourth-order valence-corrected chi connectivity index (χ4v) is 2.35. The summed E-state index contributed by atoms with van der Waals surface area (Å²) in [5, 5.41) is 4.78. The van der Waals surface area contributed by atoms with E-state index >= 15 is 0 Å². The van der Waals surface area contributed by atoms with Gasteiger partial charge in [-0.1, -0.05) is 26.3 Å². The van der Waals surface area contributed by atoms with Crippen LogP contribution in [0.15, 0.2) is 24.3 Å². The molecule has 1 N–H and O–H groups in total. The summed E-state index contributed by atoms with van der Waals surface area (Å²) >= 11 is 0. The second-order valence-corrected chi connectivity index (χ2v) is 5.19. The van der Waals surface area contributed by atoms with E-state index in [0.29, 0.717) is 0 Å². The molecule has 0 aliphatic carbocycles. The van der Waals surface area contributed by atoms with Gasteiger partial charge in [0.1, 0.15) is 0 Å². The molecule has 2 rings (SSSR count). The highest BCUT2D eigenvalue weighted by Gasteiger charge is 2.05. The molecule has 2 heteroatoms. The Morgan fingerprint density at radius 2 is 1.95 bits per heavy atom. The lowest BCUT2D eigenvalue weighted by Crippen LogP contribution is -2.02. The number of nitrogens with one attached hydrogen (secondary N) is 1. The first-order chi connectivity index (χ1) is 9.24. The van der Waals surface area contributed by atoms with Gasteiger partial charge in [0.25, 0.3) is 0 Å². The molecule has 0 aliphatic rings. The van der Waals surface area contributed by atoms with Crippen LogP contribution in [0.1, 0.15) is 44.4 Å². The minimum atomic E-state index is 1.01. The van der Waals surface area contributed by atoms with Gasteiger partial charge in [0.15, 0.2) is 0 Å². The Balaban J connectivity index is 2.39. The van der Waals surface area contributed by atoms with Crippen molar-refractivity contribution >= 4 is 16.6 Å². The van der Waals surface area contributed by atoms with Crippen LogP contribution in [0.5, 0.6) is 0 Å². The van der Waals surface area contributed by atoms with E-state index in [1.807, 2.05) is 0 Å². The Kier molecular flexibility index (Phi) is 4.78. The van der Waals surface area contributed by atoms with E-state index in [1.54, 1.807) is 0 Å². The van der Waals surface area contributed by atoms with E-state index in [2.05, 4.69) is 55.3 Å². The first kappa shape index (κ1) is 13.9. The normalized spacial score (nSPS) is 10.9. The van der Waals surface area contributed by atoms with E-state index in [-0.39, 0.29) is 0 Å². The number of aryl methyl sites for hydroxylation is 2. The molecule has 0 atom stereocenters. The number of nitrogens with zero attached hydrogens (tertiary/aromatic N) is 1. The molecular formula is C17H24N2. The molecule has 1 heterocycles. The predicted octanol–water partition coefficient (Wildman–Crippen LogP) is 4.71. The van der Waals surface area contributed by atoms with Crippen LogP contribution in [0.3, 0.4) is 0 Å². The van der Waals surface area contributed by atoms with Gasteiger partial charge in [-0.15, -0.1) is 0 Å². The van der Waals surface area contributed by atoms with Crippen LogP contribution in [-0.4, -0.2) is 11.5 Å². The van der Waals surface area contributed by atoms with Gasteiger partial charge < -0.3 is 5.32 Å². The van der Waals surface area contributed by atoms with Crippen LogP contribution < -0.4 is 5.32 Å². The molecule has 0 unspecified atom stereocenters. The standard InChI is InChI=1S/C17H24N2/c1-4-6-7-14-8-9-16-15(12-14)17(18-10-5-2)11-13(3)19-16/h8-9,11-12H,4-7,10H2,1-3H3,(H,18,19). The molecule has 0 bridgehead atoms. The maximum absolute atomic E-state index is 4.63. The molecule has 0 saturated carbocycles. The van der Waals surface area contributed by atoms with Gasteiger partial charge in [-0.2, -0.15) is 0 Å². The summed E-state index contributed by atoms with van der Waals surface area (Å²) in [6, 6.07) is 8.83. The highest BCUT2D eigenvalue weighted by atomic mass is 14.9. The molecule has 1 aromatic carbocycles. The van der Waals surface area contributed by atoms with Crippen LogP contribution in [-0.2, 0) is 6.42 Å². The molecule has 2 aromatic rings. The van der Waals surface area contributed by atoms with Gasteiger partial charge in [0.05, 0.1) is 5.52 Å². The van der Waals surface area contributed by atoms with Crippen molar-refractivity contribution in [2.45, 2.75) is 46.5 Å². The minimum Gasteiger partial charge on any atom is -0.384 e. The number of fused-ring (bicyclic) bond motifs is 1. The number of pyridine rings is 1. The Morgan fingerprint density at radius 3 is 2.68 bits per heavy atom. The number of hydrogen-bond donors (Lipinski definition) is 1. The third-order valence-corrected chi connectivity index (χ3v) is 3.39. The zero-order chi connectivity index (χ0) is 13.7. The van der Waals surface area contributed by atoms with Gasteiger partial charge >= 0.3 is 0 Å². The Bertz CT molecular complexity index is 546. The quantitative estimate of drug-likeness (QED) is 0.809. The Labute approximate surface area is 116 Å². The van der Waals surface area contributed by atoms with E-state index in [9.17, 15) is 0 Å². The fraction of sp³-hybridized carbons (Fsp3) is 0.471. The van der Waals surface area contributed by atoms with Gasteiger partial charge in [-0.3, -0.25) is 4.98 Å². The second kappa shape index (κ2) is 6.55. The van der Waals surface area contributed by atoms with Crippen molar-refractivity contribution in [2.75, 3.05) is 11.9 Å². The van der Waals surface area contributed by atoms with Gasteiger partial charge in [0.2, 0.25) is 0 Å². The molecule has 2 nitrogen and oxygen atoms in total. The topological polar surface area (TPSA) is 24.9 Å². The second-order valence-electron chi connectivity index (χ2n) is 5.19. The smallest absolute Gasteiger partial charge is 0.0726 e. The van der Waals surface area contributed by atoms with E-state index in [4.69, 9.17) is 0 Å². The van der Waals surface area contributed by atoms with Crippen LogP contribution in [0.4, 0.5) is 5.69 Å². The predicted molar refractivity (Wildman–Crippen MR) is 83.9 cm³/mol. The van der Waals surface area contributed by atoms with E-state index in [1.165, 1.54) is 29.5 Å². The summed E-state index contributed by atoms with van der Waals surface area (Å²) in [6.45, 7) is 7.50. The Hall–Kier alpha value is -1.57. The molecule has 0 saturated heterocycles. The largest absolute Gasteiger partial charge is 0.384 e. The van der Waals surface area contributed by atoms with Crippen molar-refractivity contribution in [1.82, 2.24) is 4.98 Å². The highest BCUT2D eigenvalue weighted by Crippen LogP contribution is 2.25. The van der Waals surface area contributed by atoms with E-state index in [0.717, 1.165) is 30.6 Å². The number of rotatable bonds is 6. The van der Waals surface area contributed by atoms with Crippen LogP contribution in [0.25, 0.3) is 10.9 Å². The number of unbranched alkanes of at least 4 members (excludes halogenated alkanes) is 1. The Morgan fingerprint density at radius 1 is 1.11 bits per heavy atom. The third-order valence-electron chi connectivity index (χ3n) is 3.39. The molecule has 0 amide bonds. The summed E-state index contributed by atoms with van der Waals surface area (Å²) in [4.78, 5) is 4.63. The highest BCUT2D eigenvalue weighted by molar-refractivity contribution is 5.92. The van der Waals surface area contributed by atoms with Crippen LogP contribution in [0.2, 0.25) is 0 Å². The molecule has 0 aliphatic heterocycles. The fourth-order valence-electron chi connectivity index (χ4n) is 2.35. The van der Waals surface area contributed by atoms with Crippen LogP contribution >= 0.6 is 0 Å². The minimum absolute atomic E-state index is 1.01. The number of anilines is 1. The average molecular weight is 256 g/mol. The van der Waals surface area contributed by atoms with Crippen molar-refractivity contribution < 1.29 is 0 Å². The molecule has 0 spiro atoms. The van der Waals surface area contributed by atoms with Crippen molar-refractivity contribution in [3.05, 3.63) is 35.5 Å². The lowest BCUT2D eigenvalue weighted by molar-refractivity contribution is 0.796. The van der Waals surface area contributed by atoms with Crippen molar-refractivity contribution in [1.29, 1.82) is 0 Å². The summed E-state index contributed by atoms with van der Waals surface area (Å²) in [5.74, 6) is 0. The first-order valence-corrected chi connectivity index (χ1v) is 7.38. The molecule has 102 valence electrons. The molecule has 19 heavy (non-hydrogen) atoms. The van der Waals surface area contributed by atoms with Gasteiger partial charge in [0, 0.05) is 23.3 Å². The van der Waals surface area contributed by atoms with Crippen LogP contribution in [0, 0.1) is 6.92 Å². The van der Waals surface area contributed by atoms with Crippen molar-refractivity contribution in [3.8, 4) is 0 Å². The summed E-state index contributed by atoms with van der Waals surface area (Å²) in [5.41, 5.74) is 4.81. The van der Waals surface area contributed by atoms with Gasteiger partial charge in [-0.25, -0.2) is 0 Å². The maximum Gasteiger partial charge on any atom is 0.0726 e. The lowest BCUT2D eigenvalue weighted by Gasteiger charge is -2.11. The zero-order valence-electron chi connectivity index (χ0n) is 12.3. The third kappa shape index (κ3) is 3.46. The number of aromatic nitrogens is 1. The maximum atomic E-state index is 4.63. The molecule has 1 aromatic heterocycles. The lowest BCUT2D eigenvalue weighted by atomic mass is 10.0. The van der Waals surface area contributed by atoms with Crippen molar-refractivity contribution in [2.24, 2.45) is 0 Å². The zero-order valence-corrected chi connectivity index (χ0v) is 12.3. The monoisotopic (exact) mass is 256 g/mol. The van der Waals surface area contributed by atoms with Gasteiger partial charge in [-0.05, 0) is 49.9 Å². The van der Waals surface area contributed by atoms with Crippen molar-refractivity contribution in [3.63, 3.8) is 0 Å². The number of benzene rings is 1. The summed E-state index contributed by atoms with van der Waals surface area (Å²) in [6.07, 6.45) is 4.79. The number of hydrogen-bond acceptors (Lipinski definition) is 2. The first-order valence-electron chi connectivity index (χ1n) is 7.38. The average Bonchev–Trinajstić information content (AvgIpc) is 2.42. The molecule has 0 fully saturated rings. The van der Waals surface area contributed by atoms with E-state index < -0.39 is 0 Å².